The first-order valence-electron chi connectivity index (χ1n) is 10.4. The van der Waals surface area contributed by atoms with Crippen LogP contribution in [0.15, 0.2) is 42.5 Å². The molecule has 6 nitrogen and oxygen atoms in total. The Bertz CT molecular complexity index is 871. The summed E-state index contributed by atoms with van der Waals surface area (Å²) in [7, 11) is 3.17. The van der Waals surface area contributed by atoms with Crippen LogP contribution in [-0.4, -0.2) is 69.7 Å². The van der Waals surface area contributed by atoms with Crippen LogP contribution in [0.25, 0.3) is 0 Å². The molecule has 0 radical (unpaired) electrons. The Morgan fingerprint density at radius 3 is 2.41 bits per heavy atom. The van der Waals surface area contributed by atoms with E-state index in [1.807, 2.05) is 11.0 Å². The molecule has 1 aliphatic heterocycles. The molecule has 0 aromatic heterocycles. The summed E-state index contributed by atoms with van der Waals surface area (Å²) in [5.74, 6) is 1.38. The molecule has 1 saturated heterocycles. The van der Waals surface area contributed by atoms with Gasteiger partial charge in [0.1, 0.15) is 11.5 Å². The molecule has 9 heteroatoms. The van der Waals surface area contributed by atoms with Crippen molar-refractivity contribution < 1.29 is 32.5 Å². The van der Waals surface area contributed by atoms with Gasteiger partial charge in [-0.25, -0.2) is 0 Å². The lowest BCUT2D eigenvalue weighted by atomic mass is 10.1. The number of nitrogens with zero attached hydrogens (tertiary/aromatic N) is 2. The van der Waals surface area contributed by atoms with Gasteiger partial charge in [-0.05, 0) is 36.4 Å². The second-order valence-electron chi connectivity index (χ2n) is 7.68. The molecule has 0 spiro atoms. The summed E-state index contributed by atoms with van der Waals surface area (Å²) in [5.41, 5.74) is 0.752. The quantitative estimate of drug-likeness (QED) is 0.627. The number of β-amino-alcohol motifs (C(OH)–C–C–N with tert-alkyl or cyclic N) is 1. The molecule has 2 aromatic carbocycles. The Morgan fingerprint density at radius 1 is 1.00 bits per heavy atom. The minimum absolute atomic E-state index is 0.161. The lowest BCUT2D eigenvalue weighted by molar-refractivity contribution is -0.137. The van der Waals surface area contributed by atoms with E-state index >= 15 is 0 Å². The lowest BCUT2D eigenvalue weighted by Crippen LogP contribution is -2.49. The highest BCUT2D eigenvalue weighted by Crippen LogP contribution is 2.32. The number of halogens is 3. The van der Waals surface area contributed by atoms with Crippen LogP contribution in [0.3, 0.4) is 0 Å². The Hall–Kier alpha value is -2.49. The van der Waals surface area contributed by atoms with Gasteiger partial charge >= 0.3 is 6.18 Å². The van der Waals surface area contributed by atoms with Gasteiger partial charge in [0.05, 0.1) is 39.1 Å². The van der Waals surface area contributed by atoms with E-state index in [0.717, 1.165) is 11.6 Å². The minimum Gasteiger partial charge on any atom is -0.497 e. The number of ether oxygens (including phenoxy) is 3. The molecule has 176 valence electrons. The molecule has 1 fully saturated rings. The van der Waals surface area contributed by atoms with Crippen LogP contribution in [0, 0.1) is 0 Å². The van der Waals surface area contributed by atoms with Crippen molar-refractivity contribution >= 4 is 5.69 Å². The van der Waals surface area contributed by atoms with Crippen molar-refractivity contribution in [3.8, 4) is 11.5 Å². The summed E-state index contributed by atoms with van der Waals surface area (Å²) in [6, 6.07) is 10.8. The summed E-state index contributed by atoms with van der Waals surface area (Å²) >= 11 is 0. The van der Waals surface area contributed by atoms with Crippen molar-refractivity contribution in [3.05, 3.63) is 53.6 Å². The first kappa shape index (κ1) is 24.2. The van der Waals surface area contributed by atoms with Crippen molar-refractivity contribution in [1.82, 2.24) is 4.90 Å². The van der Waals surface area contributed by atoms with Crippen LogP contribution in [0.1, 0.15) is 11.1 Å². The zero-order valence-electron chi connectivity index (χ0n) is 18.3. The van der Waals surface area contributed by atoms with Gasteiger partial charge in [0, 0.05) is 44.0 Å². The summed E-state index contributed by atoms with van der Waals surface area (Å²) in [6.07, 6.45) is -5.02. The summed E-state index contributed by atoms with van der Waals surface area (Å²) in [6.45, 7) is 3.36. The number of hydrogen-bond donors (Lipinski definition) is 1. The van der Waals surface area contributed by atoms with Crippen LogP contribution >= 0.6 is 0 Å². The molecule has 2 aromatic rings. The number of alkyl halides is 3. The van der Waals surface area contributed by atoms with Crippen LogP contribution < -0.4 is 14.4 Å². The number of aliphatic hydroxyl groups is 1. The number of aliphatic hydroxyl groups excluding tert-OH is 1. The number of piperazine rings is 1. The second-order valence-corrected chi connectivity index (χ2v) is 7.68. The van der Waals surface area contributed by atoms with Crippen LogP contribution in [-0.2, 0) is 17.5 Å². The molecule has 0 aliphatic carbocycles. The van der Waals surface area contributed by atoms with Gasteiger partial charge in [0.25, 0.3) is 0 Å². The molecule has 1 atom stereocenters. The third kappa shape index (κ3) is 6.51. The average Bonchev–Trinajstić information content (AvgIpc) is 2.79. The maximum Gasteiger partial charge on any atom is 0.416 e. The molecule has 32 heavy (non-hydrogen) atoms. The number of anilines is 1. The van der Waals surface area contributed by atoms with E-state index in [1.165, 1.54) is 12.1 Å². The Kier molecular flexibility index (Phi) is 8.22. The standard InChI is InChI=1S/C23H29F3N2O4/c1-30-21-6-7-22(31-2)17(12-21)15-32-16-20(29)14-27-8-10-28(11-9-27)19-5-3-4-18(13-19)23(24,25)26/h3-7,12-13,20,29H,8-11,14-16H2,1-2H3/t20-/m1/s1. The molecule has 1 N–H and O–H groups in total. The molecular weight excluding hydrogens is 425 g/mol. The van der Waals surface area contributed by atoms with Gasteiger partial charge in [-0.1, -0.05) is 6.07 Å². The van der Waals surface area contributed by atoms with E-state index in [1.54, 1.807) is 32.4 Å². The number of benzene rings is 2. The van der Waals surface area contributed by atoms with Gasteiger partial charge in [-0.3, -0.25) is 4.90 Å². The maximum absolute atomic E-state index is 13.0. The molecule has 1 heterocycles. The summed E-state index contributed by atoms with van der Waals surface area (Å²) < 4.78 is 55.1. The van der Waals surface area contributed by atoms with Gasteiger partial charge in [-0.15, -0.1) is 0 Å². The highest BCUT2D eigenvalue weighted by atomic mass is 19.4. The largest absolute Gasteiger partial charge is 0.497 e. The smallest absolute Gasteiger partial charge is 0.416 e. The molecule has 0 bridgehead atoms. The third-order valence-electron chi connectivity index (χ3n) is 5.44. The Labute approximate surface area is 186 Å². The van der Waals surface area contributed by atoms with Gasteiger partial charge in [-0.2, -0.15) is 13.2 Å². The number of methoxy groups -OCH3 is 2. The van der Waals surface area contributed by atoms with Crippen molar-refractivity contribution in [3.63, 3.8) is 0 Å². The molecule has 0 saturated carbocycles. The highest BCUT2D eigenvalue weighted by molar-refractivity contribution is 5.49. The average molecular weight is 454 g/mol. The predicted molar refractivity (Wildman–Crippen MR) is 115 cm³/mol. The van der Waals surface area contributed by atoms with E-state index in [0.29, 0.717) is 49.9 Å². The molecule has 3 rings (SSSR count). The Balaban J connectivity index is 1.44. The van der Waals surface area contributed by atoms with Crippen LogP contribution in [0.4, 0.5) is 18.9 Å². The third-order valence-corrected chi connectivity index (χ3v) is 5.44. The Morgan fingerprint density at radius 2 is 1.75 bits per heavy atom. The molecule has 0 unspecified atom stereocenters. The van der Waals surface area contributed by atoms with Crippen molar-refractivity contribution in [2.75, 3.05) is 58.5 Å². The first-order chi connectivity index (χ1) is 15.3. The fraction of sp³-hybridized carbons (Fsp3) is 0.478. The van der Waals surface area contributed by atoms with E-state index < -0.39 is 17.8 Å². The molecule has 1 aliphatic rings. The van der Waals surface area contributed by atoms with Crippen LogP contribution in [0.5, 0.6) is 11.5 Å². The minimum atomic E-state index is -4.35. The van der Waals surface area contributed by atoms with Crippen molar-refractivity contribution in [2.45, 2.75) is 18.9 Å². The number of hydrogen-bond acceptors (Lipinski definition) is 6. The van der Waals surface area contributed by atoms with Crippen LogP contribution in [0.2, 0.25) is 0 Å². The van der Waals surface area contributed by atoms with Crippen molar-refractivity contribution in [2.24, 2.45) is 0 Å². The van der Waals surface area contributed by atoms with Gasteiger partial charge < -0.3 is 24.2 Å². The van der Waals surface area contributed by atoms with Gasteiger partial charge in [0.15, 0.2) is 0 Å². The highest BCUT2D eigenvalue weighted by Gasteiger charge is 2.31. The SMILES string of the molecule is COc1ccc(OC)c(COC[C@H](O)CN2CCN(c3cccc(C(F)(F)F)c3)CC2)c1. The zero-order chi connectivity index (χ0) is 23.1. The number of rotatable bonds is 9. The van der Waals surface area contributed by atoms with E-state index in [-0.39, 0.29) is 13.2 Å². The molecular formula is C23H29F3N2O4. The fourth-order valence-electron chi connectivity index (χ4n) is 3.72. The maximum atomic E-state index is 13.0. The monoisotopic (exact) mass is 454 g/mol. The lowest BCUT2D eigenvalue weighted by Gasteiger charge is -2.37. The second kappa shape index (κ2) is 10.9. The van der Waals surface area contributed by atoms with E-state index in [2.05, 4.69) is 4.90 Å². The summed E-state index contributed by atoms with van der Waals surface area (Å²) in [5, 5.41) is 10.4. The topological polar surface area (TPSA) is 54.4 Å². The van der Waals surface area contributed by atoms with Crippen molar-refractivity contribution in [1.29, 1.82) is 0 Å². The zero-order valence-corrected chi connectivity index (χ0v) is 18.3. The van der Waals surface area contributed by atoms with E-state index in [9.17, 15) is 18.3 Å². The summed E-state index contributed by atoms with van der Waals surface area (Å²) in [4.78, 5) is 4.02. The van der Waals surface area contributed by atoms with E-state index in [4.69, 9.17) is 14.2 Å². The molecule has 0 amide bonds. The normalized spacial score (nSPS) is 16.1. The predicted octanol–water partition coefficient (Wildman–Crippen LogP) is 3.42. The fourth-order valence-corrected chi connectivity index (χ4v) is 3.72. The first-order valence-corrected chi connectivity index (χ1v) is 10.4. The van der Waals surface area contributed by atoms with Gasteiger partial charge in [0.2, 0.25) is 0 Å².